The number of hydrogen-bond acceptors (Lipinski definition) is 6. The van der Waals surface area contributed by atoms with Crippen LogP contribution in [0.15, 0.2) is 53.8 Å². The minimum absolute atomic E-state index is 0.00576. The lowest BCUT2D eigenvalue weighted by atomic mass is 9.96. The standard InChI is InChI=1S/C28H32N4O3S/c1-4-35-24-10-6-5-9-21(24)19(2)14-26(33)31-28-23(17-29-3)22-11-13-32(18-25(22)36-28)27(34)15-20-8-7-12-30-16-20/h5-10,12,16-17,19H,4,11,13-15,18H2,1-3H3,(H,31,33). The molecule has 7 nitrogen and oxygen atoms in total. The number of thiophene rings is 1. The molecule has 3 heterocycles. The van der Waals surface area contributed by atoms with Gasteiger partial charge in [-0.2, -0.15) is 0 Å². The molecule has 8 heteroatoms. The molecule has 3 aromatic rings. The first-order valence-corrected chi connectivity index (χ1v) is 13.1. The van der Waals surface area contributed by atoms with Gasteiger partial charge in [0.25, 0.3) is 0 Å². The van der Waals surface area contributed by atoms with Gasteiger partial charge in [-0.1, -0.05) is 31.2 Å². The maximum absolute atomic E-state index is 13.1. The Morgan fingerprint density at radius 3 is 2.86 bits per heavy atom. The van der Waals surface area contributed by atoms with Crippen LogP contribution in [0.25, 0.3) is 0 Å². The van der Waals surface area contributed by atoms with E-state index in [2.05, 4.69) is 15.3 Å². The van der Waals surface area contributed by atoms with Gasteiger partial charge in [0, 0.05) is 49.1 Å². The number of carbonyl (C=O) groups excluding carboxylic acids is 2. The van der Waals surface area contributed by atoms with Crippen LogP contribution in [0.5, 0.6) is 5.75 Å². The number of anilines is 1. The molecule has 0 bridgehead atoms. The summed E-state index contributed by atoms with van der Waals surface area (Å²) < 4.78 is 5.75. The Hall–Kier alpha value is -3.52. The van der Waals surface area contributed by atoms with Crippen molar-refractivity contribution in [2.45, 2.75) is 45.6 Å². The van der Waals surface area contributed by atoms with Gasteiger partial charge in [0.15, 0.2) is 0 Å². The Bertz CT molecular complexity index is 1240. The lowest BCUT2D eigenvalue weighted by molar-refractivity contribution is -0.131. The third kappa shape index (κ3) is 5.99. The third-order valence-corrected chi connectivity index (χ3v) is 7.43. The SMILES string of the molecule is CCOc1ccccc1C(C)CC(=O)Nc1sc2c(c1C=NC)CCN(C(=O)Cc1cccnc1)C2. The molecule has 2 amide bonds. The molecule has 2 aromatic heterocycles. The molecule has 1 N–H and O–H groups in total. The van der Waals surface area contributed by atoms with Gasteiger partial charge in [0.2, 0.25) is 11.8 Å². The van der Waals surface area contributed by atoms with Gasteiger partial charge in [-0.15, -0.1) is 11.3 Å². The van der Waals surface area contributed by atoms with E-state index in [-0.39, 0.29) is 17.7 Å². The zero-order valence-corrected chi connectivity index (χ0v) is 21.8. The second-order valence-corrected chi connectivity index (χ2v) is 9.97. The van der Waals surface area contributed by atoms with E-state index in [4.69, 9.17) is 4.74 Å². The van der Waals surface area contributed by atoms with Crippen LogP contribution >= 0.6 is 11.3 Å². The van der Waals surface area contributed by atoms with Crippen molar-refractivity contribution in [2.24, 2.45) is 4.99 Å². The van der Waals surface area contributed by atoms with Gasteiger partial charge >= 0.3 is 0 Å². The average molecular weight is 505 g/mol. The van der Waals surface area contributed by atoms with Crippen LogP contribution in [0.3, 0.4) is 0 Å². The van der Waals surface area contributed by atoms with Crippen LogP contribution in [0.1, 0.15) is 53.3 Å². The van der Waals surface area contributed by atoms with E-state index in [1.165, 1.54) is 16.9 Å². The van der Waals surface area contributed by atoms with E-state index >= 15 is 0 Å². The summed E-state index contributed by atoms with van der Waals surface area (Å²) in [7, 11) is 1.73. The maximum Gasteiger partial charge on any atom is 0.227 e. The number of amides is 2. The molecule has 4 rings (SSSR count). The Balaban J connectivity index is 1.46. The van der Waals surface area contributed by atoms with Crippen LogP contribution in [0.2, 0.25) is 0 Å². The maximum atomic E-state index is 13.1. The van der Waals surface area contributed by atoms with Gasteiger partial charge in [0.05, 0.1) is 19.6 Å². The number of aliphatic imine (C=N–C) groups is 1. The number of nitrogens with one attached hydrogen (secondary N) is 1. The van der Waals surface area contributed by atoms with Crippen LogP contribution in [-0.2, 0) is 29.0 Å². The van der Waals surface area contributed by atoms with Crippen LogP contribution in [0, 0.1) is 0 Å². The van der Waals surface area contributed by atoms with Gasteiger partial charge in [-0.3, -0.25) is 19.6 Å². The van der Waals surface area contributed by atoms with Gasteiger partial charge in [-0.25, -0.2) is 0 Å². The molecule has 0 aliphatic carbocycles. The molecule has 0 radical (unpaired) electrons. The number of para-hydroxylation sites is 1. The molecule has 1 atom stereocenters. The summed E-state index contributed by atoms with van der Waals surface area (Å²) >= 11 is 1.54. The summed E-state index contributed by atoms with van der Waals surface area (Å²) in [6.45, 7) is 5.76. The Morgan fingerprint density at radius 1 is 1.28 bits per heavy atom. The van der Waals surface area contributed by atoms with Gasteiger partial charge < -0.3 is 15.0 Å². The molecule has 188 valence electrons. The minimum Gasteiger partial charge on any atom is -0.494 e. The number of rotatable bonds is 9. The fraction of sp³-hybridized carbons (Fsp3) is 0.357. The van der Waals surface area contributed by atoms with Crippen molar-refractivity contribution in [3.05, 3.63) is 75.9 Å². The highest BCUT2D eigenvalue weighted by molar-refractivity contribution is 7.16. The molecule has 0 saturated carbocycles. The van der Waals surface area contributed by atoms with Crippen LogP contribution in [-0.4, -0.2) is 48.1 Å². The molecular formula is C28H32N4O3S. The number of pyridine rings is 1. The number of benzene rings is 1. The monoisotopic (exact) mass is 504 g/mol. The van der Waals surface area contributed by atoms with Gasteiger partial charge in [0.1, 0.15) is 10.8 Å². The summed E-state index contributed by atoms with van der Waals surface area (Å²) in [6.07, 6.45) is 6.66. The van der Waals surface area contributed by atoms with E-state index in [0.717, 1.165) is 38.7 Å². The lowest BCUT2D eigenvalue weighted by Crippen LogP contribution is -2.36. The summed E-state index contributed by atoms with van der Waals surface area (Å²) in [4.78, 5) is 37.3. The van der Waals surface area contributed by atoms with E-state index < -0.39 is 0 Å². The first kappa shape index (κ1) is 25.6. The molecule has 36 heavy (non-hydrogen) atoms. The largest absolute Gasteiger partial charge is 0.494 e. The van der Waals surface area contributed by atoms with E-state index in [9.17, 15) is 9.59 Å². The molecule has 0 fully saturated rings. The highest BCUT2D eigenvalue weighted by Crippen LogP contribution is 2.37. The average Bonchev–Trinajstić information content (AvgIpc) is 3.21. The number of fused-ring (bicyclic) bond motifs is 1. The highest BCUT2D eigenvalue weighted by atomic mass is 32.1. The molecule has 0 saturated heterocycles. The number of carbonyl (C=O) groups is 2. The van der Waals surface area contributed by atoms with Crippen molar-refractivity contribution in [3.63, 3.8) is 0 Å². The predicted molar refractivity (Wildman–Crippen MR) is 144 cm³/mol. The van der Waals surface area contributed by atoms with E-state index in [1.807, 2.05) is 61.4 Å². The minimum atomic E-state index is -0.0531. The van der Waals surface area contributed by atoms with E-state index in [0.29, 0.717) is 32.5 Å². The number of aromatic nitrogens is 1. The third-order valence-electron chi connectivity index (χ3n) is 6.28. The van der Waals surface area contributed by atoms with Gasteiger partial charge in [-0.05, 0) is 48.1 Å². The van der Waals surface area contributed by atoms with Crippen LogP contribution in [0.4, 0.5) is 5.00 Å². The Labute approximate surface area is 216 Å². The Morgan fingerprint density at radius 2 is 2.11 bits per heavy atom. The Kier molecular flexibility index (Phi) is 8.48. The highest BCUT2D eigenvalue weighted by Gasteiger charge is 2.27. The summed E-state index contributed by atoms with van der Waals surface area (Å²) in [5.41, 5.74) is 4.05. The number of nitrogens with zero attached hydrogens (tertiary/aromatic N) is 3. The molecular weight excluding hydrogens is 472 g/mol. The first-order chi connectivity index (χ1) is 17.5. The van der Waals surface area contributed by atoms with Crippen LogP contribution < -0.4 is 10.1 Å². The molecule has 1 aliphatic heterocycles. The molecule has 0 spiro atoms. The fourth-order valence-corrected chi connectivity index (χ4v) is 5.78. The molecule has 1 unspecified atom stereocenters. The second kappa shape index (κ2) is 11.9. The quantitative estimate of drug-likeness (QED) is 0.422. The van der Waals surface area contributed by atoms with Crippen molar-refractivity contribution in [1.82, 2.24) is 9.88 Å². The number of ether oxygens (including phenoxy) is 1. The van der Waals surface area contributed by atoms with Crippen molar-refractivity contribution < 1.29 is 14.3 Å². The predicted octanol–water partition coefficient (Wildman–Crippen LogP) is 4.85. The van der Waals surface area contributed by atoms with Crippen molar-refractivity contribution >= 4 is 34.4 Å². The summed E-state index contributed by atoms with van der Waals surface area (Å²) in [6, 6.07) is 11.6. The second-order valence-electron chi connectivity index (χ2n) is 8.86. The normalized spacial score (nSPS) is 13.9. The summed E-state index contributed by atoms with van der Waals surface area (Å²) in [5.74, 6) is 0.857. The summed E-state index contributed by atoms with van der Waals surface area (Å²) in [5, 5.41) is 3.92. The van der Waals surface area contributed by atoms with E-state index in [1.54, 1.807) is 19.4 Å². The smallest absolute Gasteiger partial charge is 0.227 e. The molecule has 1 aromatic carbocycles. The van der Waals surface area contributed by atoms with Crippen molar-refractivity contribution in [2.75, 3.05) is 25.5 Å². The molecule has 1 aliphatic rings. The van der Waals surface area contributed by atoms with Crippen molar-refractivity contribution in [1.29, 1.82) is 0 Å². The number of hydrogen-bond donors (Lipinski definition) is 1. The zero-order chi connectivity index (χ0) is 25.5. The van der Waals surface area contributed by atoms with Crippen molar-refractivity contribution in [3.8, 4) is 5.75 Å². The first-order valence-electron chi connectivity index (χ1n) is 12.2. The topological polar surface area (TPSA) is 83.9 Å². The fourth-order valence-electron chi connectivity index (χ4n) is 4.53. The lowest BCUT2D eigenvalue weighted by Gasteiger charge is -2.27. The zero-order valence-electron chi connectivity index (χ0n) is 21.0.